The SMILES string of the molecule is COc1ccc(C(=O)NCc2ccc(S(N)(=O)=O)s2)cc1. The second kappa shape index (κ2) is 6.25. The minimum Gasteiger partial charge on any atom is -0.497 e. The second-order valence-corrected chi connectivity index (χ2v) is 7.13. The Morgan fingerprint density at radius 1 is 1.24 bits per heavy atom. The molecule has 1 aromatic carbocycles. The molecular weight excluding hydrogens is 312 g/mol. The number of hydrogen-bond acceptors (Lipinski definition) is 5. The van der Waals surface area contributed by atoms with E-state index in [4.69, 9.17) is 9.88 Å². The quantitative estimate of drug-likeness (QED) is 0.866. The zero-order chi connectivity index (χ0) is 15.5. The van der Waals surface area contributed by atoms with E-state index >= 15 is 0 Å². The molecular formula is C13H14N2O4S2. The van der Waals surface area contributed by atoms with Crippen molar-refractivity contribution in [2.24, 2.45) is 5.14 Å². The maximum atomic E-state index is 11.9. The third-order valence-corrected chi connectivity index (χ3v) is 5.22. The molecule has 2 rings (SSSR count). The maximum absolute atomic E-state index is 11.9. The van der Waals surface area contributed by atoms with Gasteiger partial charge >= 0.3 is 0 Å². The number of sulfonamides is 1. The van der Waals surface area contributed by atoms with Crippen molar-refractivity contribution in [3.8, 4) is 5.75 Å². The lowest BCUT2D eigenvalue weighted by Crippen LogP contribution is -2.22. The largest absolute Gasteiger partial charge is 0.497 e. The minimum absolute atomic E-state index is 0.0798. The smallest absolute Gasteiger partial charge is 0.251 e. The summed E-state index contributed by atoms with van der Waals surface area (Å²) < 4.78 is 27.4. The van der Waals surface area contributed by atoms with E-state index in [1.165, 1.54) is 6.07 Å². The van der Waals surface area contributed by atoms with Gasteiger partial charge in [0, 0.05) is 10.4 Å². The Morgan fingerprint density at radius 3 is 2.43 bits per heavy atom. The fraction of sp³-hybridized carbons (Fsp3) is 0.154. The van der Waals surface area contributed by atoms with Gasteiger partial charge in [-0.2, -0.15) is 0 Å². The summed E-state index contributed by atoms with van der Waals surface area (Å²) in [4.78, 5) is 12.6. The Kier molecular flexibility index (Phi) is 4.61. The lowest BCUT2D eigenvalue weighted by molar-refractivity contribution is 0.0951. The van der Waals surface area contributed by atoms with Crippen molar-refractivity contribution in [3.63, 3.8) is 0 Å². The average Bonchev–Trinajstić information content (AvgIpc) is 2.94. The molecule has 0 unspecified atom stereocenters. The third kappa shape index (κ3) is 4.03. The number of hydrogen-bond donors (Lipinski definition) is 2. The van der Waals surface area contributed by atoms with E-state index in [-0.39, 0.29) is 16.7 Å². The van der Waals surface area contributed by atoms with Gasteiger partial charge in [-0.25, -0.2) is 13.6 Å². The molecule has 0 saturated heterocycles. The zero-order valence-electron chi connectivity index (χ0n) is 11.2. The number of primary sulfonamides is 1. The molecule has 1 heterocycles. The Morgan fingerprint density at radius 2 is 1.90 bits per heavy atom. The van der Waals surface area contributed by atoms with Gasteiger partial charge in [0.1, 0.15) is 9.96 Å². The maximum Gasteiger partial charge on any atom is 0.251 e. The molecule has 1 amide bonds. The number of nitrogens with two attached hydrogens (primary N) is 1. The van der Waals surface area contributed by atoms with Gasteiger partial charge in [-0.1, -0.05) is 0 Å². The van der Waals surface area contributed by atoms with Crippen molar-refractivity contribution in [1.29, 1.82) is 0 Å². The fourth-order valence-electron chi connectivity index (χ4n) is 1.62. The number of methoxy groups -OCH3 is 1. The third-order valence-electron chi connectivity index (χ3n) is 2.69. The number of rotatable bonds is 5. The van der Waals surface area contributed by atoms with Gasteiger partial charge in [-0.3, -0.25) is 4.79 Å². The molecule has 1 aromatic heterocycles. The molecule has 0 saturated carbocycles. The van der Waals surface area contributed by atoms with Crippen LogP contribution in [-0.2, 0) is 16.6 Å². The number of carbonyl (C=O) groups excluding carboxylic acids is 1. The van der Waals surface area contributed by atoms with Gasteiger partial charge in [0.25, 0.3) is 5.91 Å². The van der Waals surface area contributed by atoms with Crippen LogP contribution in [0.2, 0.25) is 0 Å². The number of carbonyl (C=O) groups is 1. The van der Waals surface area contributed by atoms with Crippen LogP contribution in [0.3, 0.4) is 0 Å². The van der Waals surface area contributed by atoms with Gasteiger partial charge in [0.2, 0.25) is 10.0 Å². The van der Waals surface area contributed by atoms with Crippen LogP contribution < -0.4 is 15.2 Å². The van der Waals surface area contributed by atoms with Crippen LogP contribution >= 0.6 is 11.3 Å². The van der Waals surface area contributed by atoms with Gasteiger partial charge in [0.15, 0.2) is 0 Å². The van der Waals surface area contributed by atoms with Crippen LogP contribution in [0, 0.1) is 0 Å². The molecule has 3 N–H and O–H groups in total. The van der Waals surface area contributed by atoms with Crippen LogP contribution in [0.25, 0.3) is 0 Å². The van der Waals surface area contributed by atoms with E-state index in [1.807, 2.05) is 0 Å². The van der Waals surface area contributed by atoms with Gasteiger partial charge in [-0.05, 0) is 36.4 Å². The molecule has 0 radical (unpaired) electrons. The first-order valence-electron chi connectivity index (χ1n) is 5.94. The van der Waals surface area contributed by atoms with Crippen molar-refractivity contribution in [3.05, 3.63) is 46.8 Å². The predicted molar refractivity (Wildman–Crippen MR) is 79.9 cm³/mol. The molecule has 2 aromatic rings. The topological polar surface area (TPSA) is 98.5 Å². The first kappa shape index (κ1) is 15.5. The highest BCUT2D eigenvalue weighted by atomic mass is 32.2. The normalized spacial score (nSPS) is 11.1. The van der Waals surface area contributed by atoms with E-state index in [0.717, 1.165) is 11.3 Å². The summed E-state index contributed by atoms with van der Waals surface area (Å²) in [6.07, 6.45) is 0. The van der Waals surface area contributed by atoms with Crippen molar-refractivity contribution in [1.82, 2.24) is 5.32 Å². The Bertz CT molecular complexity index is 736. The van der Waals surface area contributed by atoms with Crippen LogP contribution in [0.5, 0.6) is 5.75 Å². The second-order valence-electron chi connectivity index (χ2n) is 4.18. The number of amides is 1. The average molecular weight is 326 g/mol. The van der Waals surface area contributed by atoms with E-state index in [9.17, 15) is 13.2 Å². The number of benzene rings is 1. The molecule has 8 heteroatoms. The first-order chi connectivity index (χ1) is 9.90. The summed E-state index contributed by atoms with van der Waals surface area (Å²) in [6.45, 7) is 0.241. The van der Waals surface area contributed by atoms with Crippen molar-refractivity contribution in [2.45, 2.75) is 10.8 Å². The lowest BCUT2D eigenvalue weighted by atomic mass is 10.2. The summed E-state index contributed by atoms with van der Waals surface area (Å²) in [6, 6.07) is 9.74. The molecule has 0 fully saturated rings. The summed E-state index contributed by atoms with van der Waals surface area (Å²) in [5.74, 6) is 0.422. The number of ether oxygens (including phenoxy) is 1. The van der Waals surface area contributed by atoms with Gasteiger partial charge in [0.05, 0.1) is 13.7 Å². The predicted octanol–water partition coefficient (Wildman–Crippen LogP) is 1.33. The first-order valence-corrected chi connectivity index (χ1v) is 8.30. The molecule has 112 valence electrons. The Hall–Kier alpha value is -1.90. The summed E-state index contributed by atoms with van der Waals surface area (Å²) in [7, 11) is -2.14. The molecule has 0 aliphatic rings. The fourth-order valence-corrected chi connectivity index (χ4v) is 3.34. The van der Waals surface area contributed by atoms with Crippen molar-refractivity contribution < 1.29 is 17.9 Å². The summed E-state index contributed by atoms with van der Waals surface area (Å²) >= 11 is 1.04. The highest BCUT2D eigenvalue weighted by Gasteiger charge is 2.12. The Labute approximate surface area is 126 Å². The van der Waals surface area contributed by atoms with E-state index in [1.54, 1.807) is 37.4 Å². The van der Waals surface area contributed by atoms with Crippen LogP contribution in [0.15, 0.2) is 40.6 Å². The van der Waals surface area contributed by atoms with E-state index in [2.05, 4.69) is 5.32 Å². The monoisotopic (exact) mass is 326 g/mol. The van der Waals surface area contributed by atoms with E-state index in [0.29, 0.717) is 16.2 Å². The van der Waals surface area contributed by atoms with E-state index < -0.39 is 10.0 Å². The summed E-state index contributed by atoms with van der Waals surface area (Å²) in [5, 5.41) is 7.74. The summed E-state index contributed by atoms with van der Waals surface area (Å²) in [5.41, 5.74) is 0.499. The van der Waals surface area contributed by atoms with Crippen molar-refractivity contribution >= 4 is 27.3 Å². The van der Waals surface area contributed by atoms with Gasteiger partial charge in [-0.15, -0.1) is 11.3 Å². The molecule has 0 bridgehead atoms. The van der Waals surface area contributed by atoms with Gasteiger partial charge < -0.3 is 10.1 Å². The Balaban J connectivity index is 1.99. The molecule has 0 aliphatic carbocycles. The highest BCUT2D eigenvalue weighted by molar-refractivity contribution is 7.91. The number of nitrogens with one attached hydrogen (secondary N) is 1. The lowest BCUT2D eigenvalue weighted by Gasteiger charge is -2.04. The van der Waals surface area contributed by atoms with Crippen LogP contribution in [-0.4, -0.2) is 21.4 Å². The minimum atomic E-state index is -3.69. The van der Waals surface area contributed by atoms with Crippen molar-refractivity contribution in [2.75, 3.05) is 7.11 Å². The molecule has 21 heavy (non-hydrogen) atoms. The van der Waals surface area contributed by atoms with Crippen LogP contribution in [0.1, 0.15) is 15.2 Å². The molecule has 0 atom stereocenters. The highest BCUT2D eigenvalue weighted by Crippen LogP contribution is 2.20. The zero-order valence-corrected chi connectivity index (χ0v) is 12.8. The molecule has 0 aliphatic heterocycles. The standard InChI is InChI=1S/C13H14N2O4S2/c1-19-10-4-2-9(3-5-10)13(16)15-8-11-6-7-12(20-11)21(14,17)18/h2-7H,8H2,1H3,(H,15,16)(H2,14,17,18). The van der Waals surface area contributed by atoms with Crippen LogP contribution in [0.4, 0.5) is 0 Å². The number of thiophene rings is 1. The molecule has 0 spiro atoms. The molecule has 6 nitrogen and oxygen atoms in total.